The van der Waals surface area contributed by atoms with E-state index >= 15 is 0 Å². The zero-order valence-corrected chi connectivity index (χ0v) is 10.7. The van der Waals surface area contributed by atoms with E-state index in [-0.39, 0.29) is 17.9 Å². The molecule has 6 nitrogen and oxygen atoms in total. The maximum atomic E-state index is 11.9. The molecule has 6 heteroatoms. The standard InChI is InChI=1S/C12H20N4O2/c1-8-15-11(16-18-8)6-7-14-12(17)9-4-2-3-5-10(9)13/h9-10H,2-7,13H2,1H3,(H,14,17). The van der Waals surface area contributed by atoms with Crippen molar-refractivity contribution in [2.24, 2.45) is 11.7 Å². The van der Waals surface area contributed by atoms with Gasteiger partial charge in [0.05, 0.1) is 5.92 Å². The minimum absolute atomic E-state index is 0.00571. The van der Waals surface area contributed by atoms with Gasteiger partial charge in [0, 0.05) is 25.9 Å². The number of nitrogens with one attached hydrogen (secondary N) is 1. The third-order valence-electron chi connectivity index (χ3n) is 3.37. The third-order valence-corrected chi connectivity index (χ3v) is 3.37. The molecule has 0 aromatic carbocycles. The Labute approximate surface area is 106 Å². The van der Waals surface area contributed by atoms with Gasteiger partial charge in [0.2, 0.25) is 11.8 Å². The first-order valence-corrected chi connectivity index (χ1v) is 6.49. The van der Waals surface area contributed by atoms with Crippen molar-refractivity contribution in [3.8, 4) is 0 Å². The van der Waals surface area contributed by atoms with Crippen molar-refractivity contribution in [2.75, 3.05) is 6.54 Å². The molecule has 2 rings (SSSR count). The largest absolute Gasteiger partial charge is 0.355 e. The zero-order chi connectivity index (χ0) is 13.0. The van der Waals surface area contributed by atoms with Crippen molar-refractivity contribution in [1.82, 2.24) is 15.5 Å². The highest BCUT2D eigenvalue weighted by atomic mass is 16.5. The summed E-state index contributed by atoms with van der Waals surface area (Å²) in [6.07, 6.45) is 4.66. The second-order valence-electron chi connectivity index (χ2n) is 4.83. The summed E-state index contributed by atoms with van der Waals surface area (Å²) in [6.45, 7) is 2.27. The minimum atomic E-state index is -0.0363. The van der Waals surface area contributed by atoms with Gasteiger partial charge >= 0.3 is 0 Å². The molecular weight excluding hydrogens is 232 g/mol. The highest BCUT2D eigenvalue weighted by Gasteiger charge is 2.27. The Bertz CT molecular complexity index is 405. The van der Waals surface area contributed by atoms with E-state index in [2.05, 4.69) is 15.5 Å². The van der Waals surface area contributed by atoms with Crippen molar-refractivity contribution < 1.29 is 9.32 Å². The summed E-state index contributed by atoms with van der Waals surface area (Å²) in [7, 11) is 0. The maximum absolute atomic E-state index is 11.9. The Morgan fingerprint density at radius 2 is 2.28 bits per heavy atom. The number of hydrogen-bond donors (Lipinski definition) is 2. The summed E-state index contributed by atoms with van der Waals surface area (Å²) in [5.74, 6) is 1.19. The number of hydrogen-bond acceptors (Lipinski definition) is 5. The van der Waals surface area contributed by atoms with Crippen LogP contribution in [0.1, 0.15) is 37.4 Å². The normalized spacial score (nSPS) is 23.9. The first kappa shape index (κ1) is 13.0. The lowest BCUT2D eigenvalue weighted by Gasteiger charge is -2.27. The molecule has 0 saturated heterocycles. The Kier molecular flexibility index (Phi) is 4.30. The lowest BCUT2D eigenvalue weighted by Crippen LogP contribution is -2.44. The minimum Gasteiger partial charge on any atom is -0.355 e. The van der Waals surface area contributed by atoms with Gasteiger partial charge in [-0.25, -0.2) is 0 Å². The molecule has 2 atom stereocenters. The van der Waals surface area contributed by atoms with Crippen LogP contribution in [0.5, 0.6) is 0 Å². The fraction of sp³-hybridized carbons (Fsp3) is 0.750. The SMILES string of the molecule is Cc1nc(CCNC(=O)C2CCCCC2N)no1. The van der Waals surface area contributed by atoms with E-state index in [1.165, 1.54) is 0 Å². The van der Waals surface area contributed by atoms with Gasteiger partial charge in [-0.2, -0.15) is 4.98 Å². The molecule has 18 heavy (non-hydrogen) atoms. The Morgan fingerprint density at radius 1 is 1.50 bits per heavy atom. The number of carbonyl (C=O) groups excluding carboxylic acids is 1. The van der Waals surface area contributed by atoms with Crippen LogP contribution in [0.3, 0.4) is 0 Å². The number of carbonyl (C=O) groups is 1. The van der Waals surface area contributed by atoms with Gasteiger partial charge in [-0.15, -0.1) is 0 Å². The van der Waals surface area contributed by atoms with E-state index in [9.17, 15) is 4.79 Å². The van der Waals surface area contributed by atoms with Crippen LogP contribution in [0.4, 0.5) is 0 Å². The lowest BCUT2D eigenvalue weighted by atomic mass is 9.84. The van der Waals surface area contributed by atoms with E-state index in [0.29, 0.717) is 24.7 Å². The predicted molar refractivity (Wildman–Crippen MR) is 65.7 cm³/mol. The van der Waals surface area contributed by atoms with Crippen molar-refractivity contribution in [2.45, 2.75) is 45.1 Å². The van der Waals surface area contributed by atoms with Crippen molar-refractivity contribution in [3.63, 3.8) is 0 Å². The van der Waals surface area contributed by atoms with Gasteiger partial charge in [-0.3, -0.25) is 4.79 Å². The summed E-state index contributed by atoms with van der Waals surface area (Å²) >= 11 is 0. The molecule has 3 N–H and O–H groups in total. The molecule has 1 heterocycles. The van der Waals surface area contributed by atoms with Crippen molar-refractivity contribution >= 4 is 5.91 Å². The Hall–Kier alpha value is -1.43. The first-order valence-electron chi connectivity index (χ1n) is 6.49. The molecule has 2 unspecified atom stereocenters. The number of aromatic nitrogens is 2. The van der Waals surface area contributed by atoms with Crippen LogP contribution in [-0.4, -0.2) is 28.6 Å². The number of rotatable bonds is 4. The average Bonchev–Trinajstić information content (AvgIpc) is 2.75. The Morgan fingerprint density at radius 3 is 2.94 bits per heavy atom. The second-order valence-corrected chi connectivity index (χ2v) is 4.83. The number of nitrogens with zero attached hydrogens (tertiary/aromatic N) is 2. The van der Waals surface area contributed by atoms with Crippen LogP contribution in [0, 0.1) is 12.8 Å². The Balaban J connectivity index is 1.74. The molecular formula is C12H20N4O2. The number of nitrogens with two attached hydrogens (primary N) is 1. The molecule has 1 aromatic heterocycles. The predicted octanol–water partition coefficient (Wildman–Crippen LogP) is 0.554. The molecule has 1 aromatic rings. The van der Waals surface area contributed by atoms with Crippen LogP contribution in [0.25, 0.3) is 0 Å². The van der Waals surface area contributed by atoms with E-state index in [0.717, 1.165) is 25.7 Å². The smallest absolute Gasteiger partial charge is 0.224 e. The van der Waals surface area contributed by atoms with Crippen LogP contribution in [0.2, 0.25) is 0 Å². The molecule has 1 aliphatic carbocycles. The quantitative estimate of drug-likeness (QED) is 0.816. The van der Waals surface area contributed by atoms with Crippen LogP contribution >= 0.6 is 0 Å². The topological polar surface area (TPSA) is 94.0 Å². The first-order chi connectivity index (χ1) is 8.66. The average molecular weight is 252 g/mol. The molecule has 0 aliphatic heterocycles. The van der Waals surface area contributed by atoms with E-state index in [4.69, 9.17) is 10.3 Å². The molecule has 1 fully saturated rings. The molecule has 1 saturated carbocycles. The van der Waals surface area contributed by atoms with E-state index in [1.54, 1.807) is 6.92 Å². The third kappa shape index (κ3) is 3.29. The highest BCUT2D eigenvalue weighted by molar-refractivity contribution is 5.79. The van der Waals surface area contributed by atoms with Crippen LogP contribution in [0.15, 0.2) is 4.52 Å². The highest BCUT2D eigenvalue weighted by Crippen LogP contribution is 2.22. The maximum Gasteiger partial charge on any atom is 0.224 e. The molecule has 100 valence electrons. The summed E-state index contributed by atoms with van der Waals surface area (Å²) in [5.41, 5.74) is 5.97. The van der Waals surface area contributed by atoms with Gasteiger partial charge in [0.25, 0.3) is 0 Å². The number of amides is 1. The molecule has 0 bridgehead atoms. The monoisotopic (exact) mass is 252 g/mol. The van der Waals surface area contributed by atoms with E-state index in [1.807, 2.05) is 0 Å². The summed E-state index contributed by atoms with van der Waals surface area (Å²) < 4.78 is 4.86. The zero-order valence-electron chi connectivity index (χ0n) is 10.7. The fourth-order valence-electron chi connectivity index (χ4n) is 2.36. The summed E-state index contributed by atoms with van der Waals surface area (Å²) in [6, 6.07) is 0.00571. The van der Waals surface area contributed by atoms with Crippen molar-refractivity contribution in [1.29, 1.82) is 0 Å². The molecule has 1 aliphatic rings. The van der Waals surface area contributed by atoms with Crippen LogP contribution < -0.4 is 11.1 Å². The number of aryl methyl sites for hydroxylation is 1. The molecule has 0 spiro atoms. The van der Waals surface area contributed by atoms with Gasteiger partial charge in [-0.05, 0) is 12.8 Å². The molecule has 0 radical (unpaired) electrons. The van der Waals surface area contributed by atoms with Gasteiger partial charge < -0.3 is 15.6 Å². The van der Waals surface area contributed by atoms with Gasteiger partial charge in [0.15, 0.2) is 5.82 Å². The van der Waals surface area contributed by atoms with Crippen molar-refractivity contribution in [3.05, 3.63) is 11.7 Å². The lowest BCUT2D eigenvalue weighted by molar-refractivity contribution is -0.126. The van der Waals surface area contributed by atoms with E-state index < -0.39 is 0 Å². The second kappa shape index (κ2) is 5.95. The van der Waals surface area contributed by atoms with Gasteiger partial charge in [-0.1, -0.05) is 18.0 Å². The summed E-state index contributed by atoms with van der Waals surface area (Å²) in [5, 5.41) is 6.68. The fourth-order valence-corrected chi connectivity index (χ4v) is 2.36. The van der Waals surface area contributed by atoms with Gasteiger partial charge in [0.1, 0.15) is 0 Å². The molecule has 1 amide bonds. The van der Waals surface area contributed by atoms with Crippen LogP contribution in [-0.2, 0) is 11.2 Å². The summed E-state index contributed by atoms with van der Waals surface area (Å²) in [4.78, 5) is 16.0.